The maximum atomic E-state index is 13.9. The van der Waals surface area contributed by atoms with Crippen LogP contribution in [0.4, 0.5) is 11.5 Å². The van der Waals surface area contributed by atoms with Gasteiger partial charge in [0.25, 0.3) is 11.5 Å². The van der Waals surface area contributed by atoms with E-state index in [-0.39, 0.29) is 35.8 Å². The summed E-state index contributed by atoms with van der Waals surface area (Å²) in [5, 5.41) is 0. The third-order valence-corrected chi connectivity index (χ3v) is 6.77. The Bertz CT molecular complexity index is 1180. The number of aromatic nitrogens is 2. The molecule has 1 unspecified atom stereocenters. The SMILES string of the molecule is CCCCn1c(N)c(N(CCC(C)C)C(=O)C2CCCN(C(=O)c3ccc(C)cc3)C2)c(=O)[nH]c1=O. The van der Waals surface area contributed by atoms with Crippen LogP contribution < -0.4 is 21.9 Å². The van der Waals surface area contributed by atoms with Gasteiger partial charge < -0.3 is 15.5 Å². The molecule has 1 aromatic carbocycles. The predicted octanol–water partition coefficient (Wildman–Crippen LogP) is 3.16. The average Bonchev–Trinajstić information content (AvgIpc) is 2.85. The van der Waals surface area contributed by atoms with E-state index in [2.05, 4.69) is 4.98 Å². The summed E-state index contributed by atoms with van der Waals surface area (Å²) in [5.41, 5.74) is 6.81. The molecule has 0 bridgehead atoms. The van der Waals surface area contributed by atoms with Gasteiger partial charge in [-0.3, -0.25) is 23.9 Å². The van der Waals surface area contributed by atoms with E-state index < -0.39 is 17.2 Å². The molecule has 0 aliphatic carbocycles. The molecule has 1 atom stereocenters. The largest absolute Gasteiger partial charge is 0.383 e. The molecule has 196 valence electrons. The Kier molecular flexibility index (Phi) is 9.12. The number of H-pyrrole nitrogens is 1. The summed E-state index contributed by atoms with van der Waals surface area (Å²) in [6.45, 7) is 9.57. The Balaban J connectivity index is 1.92. The first-order valence-corrected chi connectivity index (χ1v) is 12.9. The lowest BCUT2D eigenvalue weighted by Gasteiger charge is -2.35. The van der Waals surface area contributed by atoms with Crippen molar-refractivity contribution in [2.24, 2.45) is 11.8 Å². The monoisotopic (exact) mass is 497 g/mol. The van der Waals surface area contributed by atoms with E-state index in [0.29, 0.717) is 50.9 Å². The summed E-state index contributed by atoms with van der Waals surface area (Å²) in [6.07, 6.45) is 3.53. The molecule has 9 nitrogen and oxygen atoms in total. The van der Waals surface area contributed by atoms with E-state index in [0.717, 1.165) is 12.0 Å². The van der Waals surface area contributed by atoms with Crippen molar-refractivity contribution in [1.29, 1.82) is 0 Å². The maximum Gasteiger partial charge on any atom is 0.330 e. The number of nitrogens with one attached hydrogen (secondary N) is 1. The number of aryl methyl sites for hydroxylation is 1. The summed E-state index contributed by atoms with van der Waals surface area (Å²) in [7, 11) is 0. The molecule has 3 rings (SSSR count). The summed E-state index contributed by atoms with van der Waals surface area (Å²) < 4.78 is 1.34. The molecule has 1 aliphatic heterocycles. The first kappa shape index (κ1) is 27.2. The molecule has 1 fully saturated rings. The first-order valence-electron chi connectivity index (χ1n) is 12.9. The molecule has 3 N–H and O–H groups in total. The second kappa shape index (κ2) is 12.1. The molecular formula is C27H39N5O4. The Morgan fingerprint density at radius 3 is 2.53 bits per heavy atom. The lowest BCUT2D eigenvalue weighted by molar-refractivity contribution is -0.123. The minimum Gasteiger partial charge on any atom is -0.383 e. The highest BCUT2D eigenvalue weighted by atomic mass is 16.2. The number of rotatable bonds is 9. The van der Waals surface area contributed by atoms with Crippen molar-refractivity contribution in [2.75, 3.05) is 30.3 Å². The van der Waals surface area contributed by atoms with Gasteiger partial charge in [-0.15, -0.1) is 0 Å². The van der Waals surface area contributed by atoms with Gasteiger partial charge >= 0.3 is 5.69 Å². The van der Waals surface area contributed by atoms with Crippen molar-refractivity contribution in [3.05, 3.63) is 56.2 Å². The van der Waals surface area contributed by atoms with Gasteiger partial charge in [-0.05, 0) is 50.7 Å². The molecule has 1 aromatic heterocycles. The van der Waals surface area contributed by atoms with Crippen LogP contribution in [-0.4, -0.2) is 45.9 Å². The van der Waals surface area contributed by atoms with Gasteiger partial charge in [0.1, 0.15) is 5.82 Å². The topological polar surface area (TPSA) is 121 Å². The van der Waals surface area contributed by atoms with E-state index >= 15 is 0 Å². The van der Waals surface area contributed by atoms with E-state index in [1.807, 2.05) is 39.8 Å². The molecule has 2 amide bonds. The third kappa shape index (κ3) is 6.25. The van der Waals surface area contributed by atoms with Crippen molar-refractivity contribution in [3.63, 3.8) is 0 Å². The zero-order chi connectivity index (χ0) is 26.4. The van der Waals surface area contributed by atoms with E-state index in [9.17, 15) is 19.2 Å². The Morgan fingerprint density at radius 1 is 1.19 bits per heavy atom. The minimum absolute atomic E-state index is 0.0118. The number of amides is 2. The van der Waals surface area contributed by atoms with Crippen molar-refractivity contribution in [3.8, 4) is 0 Å². The van der Waals surface area contributed by atoms with Gasteiger partial charge in [0.15, 0.2) is 5.69 Å². The first-order chi connectivity index (χ1) is 17.1. The van der Waals surface area contributed by atoms with Gasteiger partial charge in [0.2, 0.25) is 5.91 Å². The van der Waals surface area contributed by atoms with Crippen LogP contribution in [0, 0.1) is 18.8 Å². The predicted molar refractivity (Wildman–Crippen MR) is 142 cm³/mol. The molecule has 36 heavy (non-hydrogen) atoms. The second-order valence-electron chi connectivity index (χ2n) is 10.1. The average molecular weight is 498 g/mol. The highest BCUT2D eigenvalue weighted by Gasteiger charge is 2.34. The van der Waals surface area contributed by atoms with Crippen LogP contribution in [0.25, 0.3) is 0 Å². The van der Waals surface area contributed by atoms with Crippen molar-refractivity contribution >= 4 is 23.3 Å². The van der Waals surface area contributed by atoms with Gasteiger partial charge in [0.05, 0.1) is 5.92 Å². The molecule has 0 saturated carbocycles. The lowest BCUT2D eigenvalue weighted by Crippen LogP contribution is -2.49. The van der Waals surface area contributed by atoms with E-state index in [1.165, 1.54) is 9.47 Å². The van der Waals surface area contributed by atoms with Gasteiger partial charge in [-0.1, -0.05) is 44.9 Å². The number of aromatic amines is 1. The number of carbonyl (C=O) groups excluding carboxylic acids is 2. The Labute approximate surface area is 212 Å². The zero-order valence-corrected chi connectivity index (χ0v) is 21.9. The van der Waals surface area contributed by atoms with E-state index in [4.69, 9.17) is 5.73 Å². The minimum atomic E-state index is -0.661. The standard InChI is InChI=1S/C27H39N5O4/c1-5-6-15-32-23(28)22(24(33)29-27(32)36)31(16-13-18(2)3)26(35)21-8-7-14-30(17-21)25(34)20-11-9-19(4)10-12-20/h9-12,18,21H,5-8,13-17,28H2,1-4H3,(H,29,33,36). The number of piperidine rings is 1. The van der Waals surface area contributed by atoms with Crippen LogP contribution in [0.1, 0.15) is 68.8 Å². The highest BCUT2D eigenvalue weighted by Crippen LogP contribution is 2.26. The fraction of sp³-hybridized carbons (Fsp3) is 0.556. The number of unbranched alkanes of at least 4 members (excludes halogenated alkanes) is 1. The van der Waals surface area contributed by atoms with Crippen LogP contribution in [0.2, 0.25) is 0 Å². The molecule has 0 spiro atoms. The number of hydrogen-bond acceptors (Lipinski definition) is 5. The van der Waals surface area contributed by atoms with Gasteiger partial charge in [-0.2, -0.15) is 0 Å². The van der Waals surface area contributed by atoms with Crippen LogP contribution in [0.3, 0.4) is 0 Å². The molecule has 0 radical (unpaired) electrons. The number of nitrogens with two attached hydrogens (primary N) is 1. The number of anilines is 2. The quantitative estimate of drug-likeness (QED) is 0.551. The fourth-order valence-corrected chi connectivity index (χ4v) is 4.56. The number of likely N-dealkylation sites (tertiary alicyclic amines) is 1. The molecule has 1 saturated heterocycles. The third-order valence-electron chi connectivity index (χ3n) is 6.77. The number of nitrogens with zero attached hydrogens (tertiary/aromatic N) is 3. The zero-order valence-electron chi connectivity index (χ0n) is 21.9. The molecule has 2 heterocycles. The van der Waals surface area contributed by atoms with Gasteiger partial charge in [0, 0.05) is 31.7 Å². The van der Waals surface area contributed by atoms with Crippen molar-refractivity contribution in [1.82, 2.24) is 14.5 Å². The maximum absolute atomic E-state index is 13.9. The molecular weight excluding hydrogens is 458 g/mol. The summed E-state index contributed by atoms with van der Waals surface area (Å²) in [4.78, 5) is 57.9. The Hall–Kier alpha value is -3.36. The molecule has 2 aromatic rings. The lowest BCUT2D eigenvalue weighted by atomic mass is 9.95. The summed E-state index contributed by atoms with van der Waals surface area (Å²) >= 11 is 0. The van der Waals surface area contributed by atoms with Crippen molar-refractivity contribution in [2.45, 2.75) is 66.3 Å². The van der Waals surface area contributed by atoms with Crippen LogP contribution in [-0.2, 0) is 11.3 Å². The number of benzene rings is 1. The van der Waals surface area contributed by atoms with Crippen LogP contribution in [0.15, 0.2) is 33.9 Å². The van der Waals surface area contributed by atoms with Crippen LogP contribution >= 0.6 is 0 Å². The number of nitrogen functional groups attached to an aromatic ring is 1. The summed E-state index contributed by atoms with van der Waals surface area (Å²) in [6, 6.07) is 7.40. The highest BCUT2D eigenvalue weighted by molar-refractivity contribution is 5.98. The normalized spacial score (nSPS) is 15.8. The smallest absolute Gasteiger partial charge is 0.330 e. The number of carbonyl (C=O) groups is 2. The van der Waals surface area contributed by atoms with Gasteiger partial charge in [-0.25, -0.2) is 4.79 Å². The molecule has 1 aliphatic rings. The summed E-state index contributed by atoms with van der Waals surface area (Å²) in [5.74, 6) is -0.507. The van der Waals surface area contributed by atoms with Crippen LogP contribution in [0.5, 0.6) is 0 Å². The fourth-order valence-electron chi connectivity index (χ4n) is 4.56. The van der Waals surface area contributed by atoms with E-state index in [1.54, 1.807) is 17.0 Å². The second-order valence-corrected chi connectivity index (χ2v) is 10.1. The van der Waals surface area contributed by atoms with Crippen molar-refractivity contribution < 1.29 is 9.59 Å². The molecule has 9 heteroatoms. The Morgan fingerprint density at radius 2 is 1.89 bits per heavy atom. The number of hydrogen-bond donors (Lipinski definition) is 2.